The van der Waals surface area contributed by atoms with Crippen molar-refractivity contribution in [3.8, 4) is 0 Å². The molecule has 1 saturated heterocycles. The molecule has 1 unspecified atom stereocenters. The van der Waals surface area contributed by atoms with Gasteiger partial charge in [-0.1, -0.05) is 6.07 Å². The molecule has 4 nitrogen and oxygen atoms in total. The van der Waals surface area contributed by atoms with Crippen LogP contribution in [0.4, 0.5) is 4.39 Å². The molecule has 6 heteroatoms. The molecule has 0 amide bonds. The van der Waals surface area contributed by atoms with E-state index in [0.717, 1.165) is 6.07 Å². The summed E-state index contributed by atoms with van der Waals surface area (Å²) in [6.45, 7) is 2.30. The average Bonchev–Trinajstić information content (AvgIpc) is 2.81. The zero-order chi connectivity index (χ0) is 13.3. The van der Waals surface area contributed by atoms with E-state index in [4.69, 9.17) is 5.11 Å². The van der Waals surface area contributed by atoms with Gasteiger partial charge in [-0.2, -0.15) is 4.31 Å². The van der Waals surface area contributed by atoms with Gasteiger partial charge in [-0.15, -0.1) is 0 Å². The SMILES string of the molecule is Cc1ccc(F)cc1S(=O)(=O)N1CCC(CO)C1. The fraction of sp³-hybridized carbons (Fsp3) is 0.500. The van der Waals surface area contributed by atoms with Crippen LogP contribution in [0.25, 0.3) is 0 Å². The van der Waals surface area contributed by atoms with Crippen molar-refractivity contribution in [1.29, 1.82) is 0 Å². The van der Waals surface area contributed by atoms with Gasteiger partial charge in [-0.25, -0.2) is 12.8 Å². The number of aliphatic hydroxyl groups excluding tert-OH is 1. The van der Waals surface area contributed by atoms with Crippen LogP contribution in [0.2, 0.25) is 0 Å². The highest BCUT2D eigenvalue weighted by Crippen LogP contribution is 2.26. The zero-order valence-electron chi connectivity index (χ0n) is 10.1. The normalized spacial score (nSPS) is 21.4. The van der Waals surface area contributed by atoms with E-state index in [1.807, 2.05) is 0 Å². The van der Waals surface area contributed by atoms with Gasteiger partial charge < -0.3 is 5.11 Å². The molecule has 0 aromatic heterocycles. The first-order chi connectivity index (χ1) is 8.45. The molecule has 0 saturated carbocycles. The zero-order valence-corrected chi connectivity index (χ0v) is 11.0. The molecule has 1 N–H and O–H groups in total. The summed E-state index contributed by atoms with van der Waals surface area (Å²) in [7, 11) is -3.65. The van der Waals surface area contributed by atoms with E-state index in [9.17, 15) is 12.8 Å². The summed E-state index contributed by atoms with van der Waals surface area (Å²) in [4.78, 5) is 0.0149. The second-order valence-corrected chi connectivity index (χ2v) is 6.52. The summed E-state index contributed by atoms with van der Waals surface area (Å²) in [5.41, 5.74) is 0.531. The van der Waals surface area contributed by atoms with Crippen LogP contribution in [0.3, 0.4) is 0 Å². The Labute approximate surface area is 106 Å². The quantitative estimate of drug-likeness (QED) is 0.898. The third-order valence-corrected chi connectivity index (χ3v) is 5.28. The predicted molar refractivity (Wildman–Crippen MR) is 65.1 cm³/mol. The van der Waals surface area contributed by atoms with Crippen molar-refractivity contribution < 1.29 is 17.9 Å². The van der Waals surface area contributed by atoms with Crippen LogP contribution in [0, 0.1) is 18.7 Å². The minimum Gasteiger partial charge on any atom is -0.396 e. The summed E-state index contributed by atoms with van der Waals surface area (Å²) in [6.07, 6.45) is 0.643. The first kappa shape index (κ1) is 13.5. The summed E-state index contributed by atoms with van der Waals surface area (Å²) in [5.74, 6) is -0.578. The van der Waals surface area contributed by atoms with Gasteiger partial charge in [0.25, 0.3) is 0 Å². The average molecular weight is 273 g/mol. The van der Waals surface area contributed by atoms with Gasteiger partial charge in [-0.05, 0) is 37.0 Å². The van der Waals surface area contributed by atoms with Crippen molar-refractivity contribution in [2.45, 2.75) is 18.2 Å². The van der Waals surface area contributed by atoms with Gasteiger partial charge in [0.15, 0.2) is 0 Å². The number of hydrogen-bond donors (Lipinski definition) is 1. The van der Waals surface area contributed by atoms with Gasteiger partial charge in [0.1, 0.15) is 5.82 Å². The third-order valence-electron chi connectivity index (χ3n) is 3.27. The fourth-order valence-electron chi connectivity index (χ4n) is 2.16. The molecule has 2 rings (SSSR count). The van der Waals surface area contributed by atoms with Crippen LogP contribution in [0.5, 0.6) is 0 Å². The number of aliphatic hydroxyl groups is 1. The largest absolute Gasteiger partial charge is 0.396 e. The molecule has 1 aliphatic heterocycles. The summed E-state index contributed by atoms with van der Waals surface area (Å²) in [6, 6.07) is 3.76. The number of rotatable bonds is 3. The van der Waals surface area contributed by atoms with Crippen molar-refractivity contribution >= 4 is 10.0 Å². The monoisotopic (exact) mass is 273 g/mol. The van der Waals surface area contributed by atoms with E-state index < -0.39 is 15.8 Å². The van der Waals surface area contributed by atoms with E-state index in [1.165, 1.54) is 16.4 Å². The van der Waals surface area contributed by atoms with E-state index in [-0.39, 0.29) is 17.4 Å². The molecule has 1 aromatic rings. The van der Waals surface area contributed by atoms with Crippen molar-refractivity contribution in [1.82, 2.24) is 4.31 Å². The Bertz CT molecular complexity index is 544. The molecule has 0 spiro atoms. The lowest BCUT2D eigenvalue weighted by atomic mass is 10.1. The minimum absolute atomic E-state index is 0.0149. The maximum Gasteiger partial charge on any atom is 0.243 e. The Kier molecular flexibility index (Phi) is 3.70. The molecule has 1 heterocycles. The van der Waals surface area contributed by atoms with Gasteiger partial charge in [0.05, 0.1) is 4.90 Å². The Morgan fingerprint density at radius 2 is 2.22 bits per heavy atom. The Hall–Kier alpha value is -0.980. The third kappa shape index (κ3) is 2.41. The van der Waals surface area contributed by atoms with Crippen LogP contribution >= 0.6 is 0 Å². The van der Waals surface area contributed by atoms with E-state index in [2.05, 4.69) is 0 Å². The summed E-state index contributed by atoms with van der Waals surface area (Å²) < 4.78 is 39.2. The van der Waals surface area contributed by atoms with Crippen LogP contribution < -0.4 is 0 Å². The summed E-state index contributed by atoms with van der Waals surface area (Å²) in [5, 5.41) is 9.04. The molecular weight excluding hydrogens is 257 g/mol. The standard InChI is InChI=1S/C12H16FNO3S/c1-9-2-3-11(13)6-12(9)18(16,17)14-5-4-10(7-14)8-15/h2-3,6,10,15H,4-5,7-8H2,1H3. The molecule has 1 aliphatic rings. The number of benzene rings is 1. The second-order valence-electron chi connectivity index (χ2n) is 4.61. The number of aryl methyl sites for hydroxylation is 1. The van der Waals surface area contributed by atoms with Crippen LogP contribution in [0.1, 0.15) is 12.0 Å². The second kappa shape index (κ2) is 4.95. The molecule has 18 heavy (non-hydrogen) atoms. The molecule has 1 atom stereocenters. The molecule has 1 fully saturated rings. The molecule has 1 aromatic carbocycles. The number of sulfonamides is 1. The predicted octanol–water partition coefficient (Wildman–Crippen LogP) is 1.14. The highest BCUT2D eigenvalue weighted by Gasteiger charge is 2.33. The van der Waals surface area contributed by atoms with Gasteiger partial charge >= 0.3 is 0 Å². The maximum atomic E-state index is 13.2. The lowest BCUT2D eigenvalue weighted by molar-refractivity contribution is 0.233. The molecule has 0 bridgehead atoms. The first-order valence-corrected chi connectivity index (χ1v) is 7.26. The first-order valence-electron chi connectivity index (χ1n) is 5.82. The number of nitrogens with zero attached hydrogens (tertiary/aromatic N) is 1. The minimum atomic E-state index is -3.65. The van der Waals surface area contributed by atoms with Gasteiger partial charge in [0, 0.05) is 19.7 Å². The lowest BCUT2D eigenvalue weighted by Gasteiger charge is -2.17. The van der Waals surface area contributed by atoms with E-state index in [1.54, 1.807) is 6.92 Å². The Morgan fingerprint density at radius 1 is 1.50 bits per heavy atom. The molecule has 0 aliphatic carbocycles. The topological polar surface area (TPSA) is 57.6 Å². The van der Waals surface area contributed by atoms with E-state index >= 15 is 0 Å². The number of hydrogen-bond acceptors (Lipinski definition) is 3. The van der Waals surface area contributed by atoms with Crippen molar-refractivity contribution in [2.75, 3.05) is 19.7 Å². The van der Waals surface area contributed by atoms with Crippen molar-refractivity contribution in [3.63, 3.8) is 0 Å². The van der Waals surface area contributed by atoms with Gasteiger partial charge in [-0.3, -0.25) is 0 Å². The van der Waals surface area contributed by atoms with Crippen LogP contribution in [0.15, 0.2) is 23.1 Å². The highest BCUT2D eigenvalue weighted by atomic mass is 32.2. The lowest BCUT2D eigenvalue weighted by Crippen LogP contribution is -2.30. The summed E-state index contributed by atoms with van der Waals surface area (Å²) >= 11 is 0. The fourth-order valence-corrected chi connectivity index (χ4v) is 3.92. The Morgan fingerprint density at radius 3 is 2.83 bits per heavy atom. The number of halogens is 1. The Balaban J connectivity index is 2.34. The molecule has 100 valence electrons. The molecular formula is C12H16FNO3S. The van der Waals surface area contributed by atoms with Crippen LogP contribution in [-0.4, -0.2) is 37.5 Å². The maximum absolute atomic E-state index is 13.2. The van der Waals surface area contributed by atoms with E-state index in [0.29, 0.717) is 25.1 Å². The highest BCUT2D eigenvalue weighted by molar-refractivity contribution is 7.89. The van der Waals surface area contributed by atoms with Crippen LogP contribution in [-0.2, 0) is 10.0 Å². The molecule has 0 radical (unpaired) electrons. The van der Waals surface area contributed by atoms with Crippen molar-refractivity contribution in [3.05, 3.63) is 29.6 Å². The van der Waals surface area contributed by atoms with Gasteiger partial charge in [0.2, 0.25) is 10.0 Å². The van der Waals surface area contributed by atoms with Crippen molar-refractivity contribution in [2.24, 2.45) is 5.92 Å². The smallest absolute Gasteiger partial charge is 0.243 e.